The lowest BCUT2D eigenvalue weighted by Gasteiger charge is -2.08. The fraction of sp³-hybridized carbons (Fsp3) is 0. The summed E-state index contributed by atoms with van der Waals surface area (Å²) in [5.74, 6) is -1.59. The van der Waals surface area contributed by atoms with Crippen molar-refractivity contribution in [2.24, 2.45) is 5.73 Å². The molecule has 4 N–H and O–H groups in total. The van der Waals surface area contributed by atoms with Crippen molar-refractivity contribution in [3.63, 3.8) is 0 Å². The van der Waals surface area contributed by atoms with Crippen LogP contribution in [-0.4, -0.2) is 26.0 Å². The monoisotopic (exact) mass is 286 g/mol. The van der Waals surface area contributed by atoms with E-state index in [2.05, 4.69) is 17.5 Å². The minimum atomic E-state index is -1.59. The molecule has 0 aliphatic rings. The zero-order valence-corrected chi connectivity index (χ0v) is 9.84. The average molecular weight is 286 g/mol. The van der Waals surface area contributed by atoms with Crippen molar-refractivity contribution >= 4 is 40.4 Å². The van der Waals surface area contributed by atoms with Gasteiger partial charge in [0.25, 0.3) is 5.69 Å². The highest BCUT2D eigenvalue weighted by molar-refractivity contribution is 7.80. The molecule has 1 aromatic carbocycles. The van der Waals surface area contributed by atoms with Gasteiger partial charge < -0.3 is 16.2 Å². The van der Waals surface area contributed by atoms with Gasteiger partial charge in [-0.05, 0) is 12.2 Å². The Morgan fingerprint density at radius 2 is 1.89 bits per heavy atom. The Labute approximate surface area is 110 Å². The zero-order valence-electron chi connectivity index (χ0n) is 9.02. The Balaban J connectivity index is 3.64. The normalized spacial score (nSPS) is 9.68. The molecule has 0 saturated heterocycles. The molecule has 0 amide bonds. The minimum Gasteiger partial charge on any atom is -0.478 e. The van der Waals surface area contributed by atoms with Gasteiger partial charge in [-0.3, -0.25) is 20.2 Å². The van der Waals surface area contributed by atoms with Crippen molar-refractivity contribution in [1.82, 2.24) is 0 Å². The Hall–Kier alpha value is -2.82. The number of thiocarbonyl (C=S) groups is 1. The number of nitrogens with two attached hydrogens (primary N) is 1. The van der Waals surface area contributed by atoms with E-state index in [1.165, 1.54) is 0 Å². The molecule has 0 heterocycles. The van der Waals surface area contributed by atoms with Crippen LogP contribution < -0.4 is 11.1 Å². The minimum absolute atomic E-state index is 0.403. The van der Waals surface area contributed by atoms with Gasteiger partial charge in [-0.2, -0.15) is 0 Å². The molecule has 0 saturated carbocycles. The zero-order chi connectivity index (χ0) is 14.7. The highest BCUT2D eigenvalue weighted by atomic mass is 32.1. The number of hydrogen-bond acceptors (Lipinski definition) is 6. The van der Waals surface area contributed by atoms with E-state index in [1.807, 2.05) is 0 Å². The van der Waals surface area contributed by atoms with Crippen LogP contribution in [0.3, 0.4) is 0 Å². The summed E-state index contributed by atoms with van der Waals surface area (Å²) < 4.78 is 0. The van der Waals surface area contributed by atoms with Gasteiger partial charge >= 0.3 is 11.7 Å². The van der Waals surface area contributed by atoms with E-state index in [9.17, 15) is 25.0 Å². The Kier molecular flexibility index (Phi) is 3.91. The number of carboxylic acids is 1. The standard InChI is InChI=1S/C8H6N4O6S/c9-8(19)10-6-4(7(13)14)1-3(11(15)16)2-5(6)12(17)18/h1-2H,(H,13,14)(H3,9,10,19). The Morgan fingerprint density at radius 3 is 2.26 bits per heavy atom. The topological polar surface area (TPSA) is 162 Å². The van der Waals surface area contributed by atoms with E-state index in [0.717, 1.165) is 0 Å². The van der Waals surface area contributed by atoms with Crippen LogP contribution in [0.2, 0.25) is 0 Å². The summed E-state index contributed by atoms with van der Waals surface area (Å²) in [6.45, 7) is 0. The number of nitrogens with zero attached hydrogens (tertiary/aromatic N) is 2. The van der Waals surface area contributed by atoms with Crippen molar-refractivity contribution in [3.05, 3.63) is 37.9 Å². The van der Waals surface area contributed by atoms with Crippen molar-refractivity contribution in [2.45, 2.75) is 0 Å². The molecular formula is C8H6N4O6S. The number of nitro groups is 2. The van der Waals surface area contributed by atoms with Crippen LogP contribution in [-0.2, 0) is 0 Å². The van der Waals surface area contributed by atoms with Gasteiger partial charge in [-0.25, -0.2) is 4.79 Å². The molecule has 0 atom stereocenters. The van der Waals surface area contributed by atoms with E-state index in [1.54, 1.807) is 0 Å². The maximum Gasteiger partial charge on any atom is 0.338 e. The van der Waals surface area contributed by atoms with Gasteiger partial charge in [0.15, 0.2) is 5.11 Å². The lowest BCUT2D eigenvalue weighted by Crippen LogP contribution is -2.21. The SMILES string of the molecule is NC(=S)Nc1c(C(=O)O)cc([N+](=O)[O-])cc1[N+](=O)[O-]. The molecule has 19 heavy (non-hydrogen) atoms. The summed E-state index contributed by atoms with van der Waals surface area (Å²) in [6.07, 6.45) is 0. The van der Waals surface area contributed by atoms with Crippen LogP contribution >= 0.6 is 12.2 Å². The van der Waals surface area contributed by atoms with Crippen molar-refractivity contribution in [3.8, 4) is 0 Å². The third-order valence-electron chi connectivity index (χ3n) is 1.99. The van der Waals surface area contributed by atoms with Crippen LogP contribution in [0.4, 0.5) is 17.1 Å². The first-order valence-electron chi connectivity index (χ1n) is 4.50. The van der Waals surface area contributed by atoms with Gasteiger partial charge in [0.1, 0.15) is 5.69 Å². The molecule has 0 aliphatic carbocycles. The lowest BCUT2D eigenvalue weighted by molar-refractivity contribution is -0.393. The Morgan fingerprint density at radius 1 is 1.32 bits per heavy atom. The molecule has 11 heteroatoms. The quantitative estimate of drug-likeness (QED) is 0.413. The molecule has 1 rings (SSSR count). The largest absolute Gasteiger partial charge is 0.478 e. The molecule has 0 radical (unpaired) electrons. The highest BCUT2D eigenvalue weighted by Gasteiger charge is 2.27. The first-order valence-corrected chi connectivity index (χ1v) is 4.91. The van der Waals surface area contributed by atoms with Crippen LogP contribution in [0.5, 0.6) is 0 Å². The number of carboxylic acid groups (broad SMARTS) is 1. The van der Waals surface area contributed by atoms with Crippen LogP contribution in [0.1, 0.15) is 10.4 Å². The summed E-state index contributed by atoms with van der Waals surface area (Å²) >= 11 is 4.47. The second-order valence-corrected chi connectivity index (χ2v) is 3.64. The molecule has 0 unspecified atom stereocenters. The number of non-ortho nitro benzene ring substituents is 1. The van der Waals surface area contributed by atoms with Crippen LogP contribution in [0.15, 0.2) is 12.1 Å². The maximum atomic E-state index is 11.0. The summed E-state index contributed by atoms with van der Waals surface area (Å²) in [5.41, 5.74) is 2.42. The fourth-order valence-electron chi connectivity index (χ4n) is 1.28. The van der Waals surface area contributed by atoms with Crippen LogP contribution in [0, 0.1) is 20.2 Å². The van der Waals surface area contributed by atoms with Crippen molar-refractivity contribution in [1.29, 1.82) is 0 Å². The van der Waals surface area contributed by atoms with Gasteiger partial charge in [-0.15, -0.1) is 0 Å². The number of rotatable bonds is 4. The molecular weight excluding hydrogens is 280 g/mol. The molecule has 0 aliphatic heterocycles. The molecule has 1 aromatic rings. The summed E-state index contributed by atoms with van der Waals surface area (Å²) in [5, 5.41) is 32.1. The Bertz CT molecular complexity index is 566. The predicted octanol–water partition coefficient (Wildman–Crippen LogP) is 0.857. The number of anilines is 1. The molecule has 0 fully saturated rings. The fourth-order valence-corrected chi connectivity index (χ4v) is 1.39. The number of hydrogen-bond donors (Lipinski definition) is 3. The van der Waals surface area contributed by atoms with Gasteiger partial charge in [0.05, 0.1) is 21.5 Å². The number of nitro benzene ring substituents is 2. The van der Waals surface area contributed by atoms with E-state index in [0.29, 0.717) is 12.1 Å². The van der Waals surface area contributed by atoms with Crippen LogP contribution in [0.25, 0.3) is 0 Å². The number of nitrogens with one attached hydrogen (secondary N) is 1. The van der Waals surface area contributed by atoms with E-state index < -0.39 is 43.6 Å². The smallest absolute Gasteiger partial charge is 0.338 e. The first kappa shape index (κ1) is 14.2. The molecule has 10 nitrogen and oxygen atoms in total. The third-order valence-corrected chi connectivity index (χ3v) is 2.09. The van der Waals surface area contributed by atoms with E-state index in [-0.39, 0.29) is 0 Å². The average Bonchev–Trinajstić information content (AvgIpc) is 2.27. The molecule has 0 aromatic heterocycles. The van der Waals surface area contributed by atoms with Gasteiger partial charge in [0.2, 0.25) is 0 Å². The van der Waals surface area contributed by atoms with Crippen molar-refractivity contribution in [2.75, 3.05) is 5.32 Å². The second-order valence-electron chi connectivity index (χ2n) is 3.20. The summed E-state index contributed by atoms with van der Waals surface area (Å²) in [7, 11) is 0. The third kappa shape index (κ3) is 3.10. The van der Waals surface area contributed by atoms with Crippen molar-refractivity contribution < 1.29 is 19.7 Å². The lowest BCUT2D eigenvalue weighted by atomic mass is 10.1. The van der Waals surface area contributed by atoms with Gasteiger partial charge in [0, 0.05) is 6.07 Å². The second kappa shape index (κ2) is 5.22. The van der Waals surface area contributed by atoms with Gasteiger partial charge in [-0.1, -0.05) is 0 Å². The van der Waals surface area contributed by atoms with E-state index >= 15 is 0 Å². The predicted molar refractivity (Wildman–Crippen MR) is 67.1 cm³/mol. The highest BCUT2D eigenvalue weighted by Crippen LogP contribution is 2.33. The molecule has 0 spiro atoms. The number of benzene rings is 1. The molecule has 0 bridgehead atoms. The summed E-state index contributed by atoms with van der Waals surface area (Å²) in [6, 6.07) is 1.29. The number of aromatic carboxylic acids is 1. The first-order chi connectivity index (χ1) is 8.73. The summed E-state index contributed by atoms with van der Waals surface area (Å²) in [4.78, 5) is 30.5. The molecule has 100 valence electrons. The van der Waals surface area contributed by atoms with E-state index in [4.69, 9.17) is 10.8 Å². The number of carbonyl (C=O) groups is 1. The maximum absolute atomic E-state index is 11.0.